The average molecular weight is 274 g/mol. The van der Waals surface area contributed by atoms with E-state index < -0.39 is 0 Å². The van der Waals surface area contributed by atoms with Gasteiger partial charge in [-0.25, -0.2) is 0 Å². The highest BCUT2D eigenvalue weighted by Crippen LogP contribution is 2.61. The molecule has 0 aromatic heterocycles. The molecule has 0 spiro atoms. The summed E-state index contributed by atoms with van der Waals surface area (Å²) in [5.41, 5.74) is 1.74. The number of carbonyl (C=O) groups is 1. The maximum absolute atomic E-state index is 11.7. The van der Waals surface area contributed by atoms with Gasteiger partial charge < -0.3 is 5.11 Å². The minimum absolute atomic E-state index is 0.0290. The second kappa shape index (κ2) is 4.43. The highest BCUT2D eigenvalue weighted by atomic mass is 16.3. The summed E-state index contributed by atoms with van der Waals surface area (Å²) in [5.74, 6) is 3.26. The van der Waals surface area contributed by atoms with Gasteiger partial charge in [0.15, 0.2) is 5.78 Å². The molecule has 0 radical (unpaired) electrons. The number of carbonyl (C=O) groups excluding carboxylic acids is 1. The predicted molar refractivity (Wildman–Crippen MR) is 78.1 cm³/mol. The summed E-state index contributed by atoms with van der Waals surface area (Å²) in [6.45, 7) is 2.42. The zero-order valence-electron chi connectivity index (χ0n) is 12.5. The highest BCUT2D eigenvalue weighted by Gasteiger charge is 2.54. The molecule has 3 fully saturated rings. The Morgan fingerprint density at radius 3 is 2.70 bits per heavy atom. The first-order valence-corrected chi connectivity index (χ1v) is 8.51. The third-order valence-electron chi connectivity index (χ3n) is 7.24. The molecule has 4 rings (SSSR count). The fourth-order valence-electron chi connectivity index (χ4n) is 6.18. The van der Waals surface area contributed by atoms with E-state index in [1.165, 1.54) is 31.3 Å². The van der Waals surface area contributed by atoms with E-state index in [0.717, 1.165) is 43.4 Å². The molecule has 2 nitrogen and oxygen atoms in total. The largest absolute Gasteiger partial charge is 0.393 e. The Labute approximate surface area is 121 Å². The molecule has 0 amide bonds. The van der Waals surface area contributed by atoms with Gasteiger partial charge in [-0.3, -0.25) is 4.79 Å². The number of hydrogen-bond acceptors (Lipinski definition) is 2. The van der Waals surface area contributed by atoms with Crippen molar-refractivity contribution in [1.82, 2.24) is 0 Å². The maximum Gasteiger partial charge on any atom is 0.155 e. The number of rotatable bonds is 0. The van der Waals surface area contributed by atoms with Gasteiger partial charge in [0.05, 0.1) is 6.10 Å². The summed E-state index contributed by atoms with van der Waals surface area (Å²) in [5, 5.41) is 10.2. The van der Waals surface area contributed by atoms with Crippen molar-refractivity contribution < 1.29 is 9.90 Å². The zero-order valence-corrected chi connectivity index (χ0v) is 12.5. The molecule has 4 aliphatic carbocycles. The first-order valence-electron chi connectivity index (χ1n) is 8.51. The SMILES string of the molecule is CC12CCC(=O)C=C1CCC1C3CCC(O)C3CCC12. The molecule has 0 aromatic carbocycles. The Kier molecular flexibility index (Phi) is 2.89. The van der Waals surface area contributed by atoms with Crippen LogP contribution in [0.2, 0.25) is 0 Å². The summed E-state index contributed by atoms with van der Waals surface area (Å²) in [6.07, 6.45) is 10.9. The van der Waals surface area contributed by atoms with Gasteiger partial charge >= 0.3 is 0 Å². The lowest BCUT2D eigenvalue weighted by Gasteiger charge is -2.55. The summed E-state index contributed by atoms with van der Waals surface area (Å²) < 4.78 is 0. The van der Waals surface area contributed by atoms with E-state index in [4.69, 9.17) is 0 Å². The molecule has 6 unspecified atom stereocenters. The fraction of sp³-hybridized carbons (Fsp3) is 0.833. The second-order valence-corrected chi connectivity index (χ2v) is 7.91. The molecule has 1 N–H and O–H groups in total. The van der Waals surface area contributed by atoms with Crippen LogP contribution in [0.3, 0.4) is 0 Å². The molecule has 6 atom stereocenters. The molecule has 20 heavy (non-hydrogen) atoms. The van der Waals surface area contributed by atoms with Crippen LogP contribution in [0, 0.1) is 29.1 Å². The van der Waals surface area contributed by atoms with Gasteiger partial charge in [-0.15, -0.1) is 0 Å². The van der Waals surface area contributed by atoms with Crippen molar-refractivity contribution in [3.05, 3.63) is 11.6 Å². The van der Waals surface area contributed by atoms with Crippen molar-refractivity contribution in [1.29, 1.82) is 0 Å². The van der Waals surface area contributed by atoms with E-state index in [-0.39, 0.29) is 11.5 Å². The summed E-state index contributed by atoms with van der Waals surface area (Å²) in [4.78, 5) is 11.7. The molecule has 110 valence electrons. The van der Waals surface area contributed by atoms with Crippen molar-refractivity contribution in [2.45, 2.75) is 64.4 Å². The number of aliphatic hydroxyl groups excluding tert-OH is 1. The molecule has 0 aromatic rings. The predicted octanol–water partition coefficient (Wildman–Crippen LogP) is 3.49. The fourth-order valence-corrected chi connectivity index (χ4v) is 6.18. The quantitative estimate of drug-likeness (QED) is 0.734. The van der Waals surface area contributed by atoms with E-state index in [0.29, 0.717) is 11.7 Å². The lowest BCUT2D eigenvalue weighted by molar-refractivity contribution is -0.117. The van der Waals surface area contributed by atoms with Crippen molar-refractivity contribution in [2.75, 3.05) is 0 Å². The van der Waals surface area contributed by atoms with Gasteiger partial charge in [-0.2, -0.15) is 0 Å². The van der Waals surface area contributed by atoms with Gasteiger partial charge in [0.25, 0.3) is 0 Å². The smallest absolute Gasteiger partial charge is 0.155 e. The molecule has 4 aliphatic rings. The van der Waals surface area contributed by atoms with Crippen LogP contribution in [0.1, 0.15) is 58.3 Å². The van der Waals surface area contributed by atoms with Crippen molar-refractivity contribution in [3.63, 3.8) is 0 Å². The molecule has 3 saturated carbocycles. The van der Waals surface area contributed by atoms with Crippen LogP contribution < -0.4 is 0 Å². The summed E-state index contributed by atoms with van der Waals surface area (Å²) in [7, 11) is 0. The van der Waals surface area contributed by atoms with E-state index in [1.54, 1.807) is 0 Å². The Morgan fingerprint density at radius 2 is 1.85 bits per heavy atom. The Bertz CT molecular complexity index is 466. The zero-order chi connectivity index (χ0) is 13.9. The van der Waals surface area contributed by atoms with Crippen LogP contribution in [-0.2, 0) is 4.79 Å². The average Bonchev–Trinajstić information content (AvgIpc) is 2.82. The highest BCUT2D eigenvalue weighted by molar-refractivity contribution is 5.91. The van der Waals surface area contributed by atoms with Crippen LogP contribution in [0.4, 0.5) is 0 Å². The molecule has 0 bridgehead atoms. The number of aliphatic hydroxyl groups is 1. The first kappa shape index (κ1) is 13.1. The Morgan fingerprint density at radius 1 is 1.05 bits per heavy atom. The van der Waals surface area contributed by atoms with Crippen molar-refractivity contribution in [2.24, 2.45) is 29.1 Å². The van der Waals surface area contributed by atoms with Crippen LogP contribution in [0.15, 0.2) is 11.6 Å². The van der Waals surface area contributed by atoms with Crippen LogP contribution in [0.5, 0.6) is 0 Å². The van der Waals surface area contributed by atoms with Crippen molar-refractivity contribution in [3.8, 4) is 0 Å². The number of ketones is 1. The second-order valence-electron chi connectivity index (χ2n) is 7.91. The molecule has 0 aliphatic heterocycles. The lowest BCUT2D eigenvalue weighted by Crippen LogP contribution is -2.47. The lowest BCUT2D eigenvalue weighted by atomic mass is 9.50. The van der Waals surface area contributed by atoms with Gasteiger partial charge in [-0.05, 0) is 80.1 Å². The van der Waals surface area contributed by atoms with Crippen molar-refractivity contribution >= 4 is 5.78 Å². The topological polar surface area (TPSA) is 37.3 Å². The van der Waals surface area contributed by atoms with Gasteiger partial charge in [0.1, 0.15) is 0 Å². The number of hydrogen-bond donors (Lipinski definition) is 1. The van der Waals surface area contributed by atoms with E-state index in [9.17, 15) is 9.90 Å². The monoisotopic (exact) mass is 274 g/mol. The minimum atomic E-state index is -0.0290. The van der Waals surface area contributed by atoms with Crippen LogP contribution in [-0.4, -0.2) is 17.0 Å². The number of allylic oxidation sites excluding steroid dienone is 1. The van der Waals surface area contributed by atoms with Gasteiger partial charge in [0.2, 0.25) is 0 Å². The van der Waals surface area contributed by atoms with E-state index in [2.05, 4.69) is 6.92 Å². The Hall–Kier alpha value is -0.630. The molecular formula is C18H26O2. The minimum Gasteiger partial charge on any atom is -0.393 e. The van der Waals surface area contributed by atoms with Gasteiger partial charge in [-0.1, -0.05) is 12.5 Å². The third-order valence-corrected chi connectivity index (χ3v) is 7.24. The van der Waals surface area contributed by atoms with Crippen LogP contribution in [0.25, 0.3) is 0 Å². The molecular weight excluding hydrogens is 248 g/mol. The molecule has 0 saturated heterocycles. The molecule has 2 heteroatoms. The normalized spacial score (nSPS) is 51.0. The Balaban J connectivity index is 1.66. The van der Waals surface area contributed by atoms with E-state index in [1.807, 2.05) is 6.08 Å². The first-order chi connectivity index (χ1) is 9.59. The van der Waals surface area contributed by atoms with Crippen LogP contribution >= 0.6 is 0 Å². The number of fused-ring (bicyclic) bond motifs is 5. The van der Waals surface area contributed by atoms with E-state index >= 15 is 0 Å². The third kappa shape index (κ3) is 1.70. The maximum atomic E-state index is 11.7. The summed E-state index contributed by atoms with van der Waals surface area (Å²) in [6, 6.07) is 0. The van der Waals surface area contributed by atoms with Gasteiger partial charge in [0, 0.05) is 6.42 Å². The standard InChI is InChI=1S/C18H26O2/c1-18-9-8-12(19)10-11(18)2-3-14-13-5-7-17(20)15(13)4-6-16(14)18/h10,13-17,20H,2-9H2,1H3. The summed E-state index contributed by atoms with van der Waals surface area (Å²) >= 11 is 0. The molecule has 0 heterocycles.